The van der Waals surface area contributed by atoms with Gasteiger partial charge in [-0.25, -0.2) is 0 Å². The van der Waals surface area contributed by atoms with E-state index in [1.165, 1.54) is 0 Å². The summed E-state index contributed by atoms with van der Waals surface area (Å²) in [5.74, 6) is 0.0652. The molecule has 1 fully saturated rings. The smallest absolute Gasteiger partial charge is 0.254 e. The van der Waals surface area contributed by atoms with Crippen molar-refractivity contribution in [2.75, 3.05) is 26.2 Å². The fourth-order valence-corrected chi connectivity index (χ4v) is 2.73. The number of nitrogens with two attached hydrogens (primary N) is 1. The van der Waals surface area contributed by atoms with Crippen molar-refractivity contribution in [1.29, 1.82) is 0 Å². The third-order valence-corrected chi connectivity index (χ3v) is 4.10. The van der Waals surface area contributed by atoms with Crippen LogP contribution < -0.4 is 5.73 Å². The molecule has 0 spiro atoms. The Bertz CT molecular complexity index is 485. The second-order valence-corrected chi connectivity index (χ2v) is 5.90. The Kier molecular flexibility index (Phi) is 6.03. The van der Waals surface area contributed by atoms with Crippen molar-refractivity contribution < 1.29 is 9.53 Å². The lowest BCUT2D eigenvalue weighted by atomic mass is 10.0. The standard InChI is InChI=1S/C16H23ClN2O2/c1-12-3-4-13(17)11-15(12)16(20)19-8-5-14(6-9-19)21-10-2-7-18/h3-4,11,14H,2,5-10,18H2,1H3. The molecule has 2 N–H and O–H groups in total. The van der Waals surface area contributed by atoms with Crippen LogP contribution in [0.1, 0.15) is 35.2 Å². The summed E-state index contributed by atoms with van der Waals surface area (Å²) in [5.41, 5.74) is 7.12. The number of benzene rings is 1. The fourth-order valence-electron chi connectivity index (χ4n) is 2.55. The highest BCUT2D eigenvalue weighted by molar-refractivity contribution is 6.31. The minimum absolute atomic E-state index is 0.0652. The number of carbonyl (C=O) groups excluding carboxylic acids is 1. The average molecular weight is 311 g/mol. The highest BCUT2D eigenvalue weighted by Crippen LogP contribution is 2.20. The van der Waals surface area contributed by atoms with E-state index in [9.17, 15) is 4.79 Å². The predicted octanol–water partition coefficient (Wildman–Crippen LogP) is 2.62. The third-order valence-electron chi connectivity index (χ3n) is 3.86. The molecule has 1 aromatic carbocycles. The maximum Gasteiger partial charge on any atom is 0.254 e. The number of ether oxygens (including phenoxy) is 1. The number of hydrogen-bond acceptors (Lipinski definition) is 3. The Balaban J connectivity index is 1.89. The number of piperidine rings is 1. The second kappa shape index (κ2) is 7.78. The van der Waals surface area contributed by atoms with Crippen LogP contribution >= 0.6 is 11.6 Å². The van der Waals surface area contributed by atoms with Gasteiger partial charge >= 0.3 is 0 Å². The SMILES string of the molecule is Cc1ccc(Cl)cc1C(=O)N1CCC(OCCCN)CC1. The minimum Gasteiger partial charge on any atom is -0.378 e. The summed E-state index contributed by atoms with van der Waals surface area (Å²) >= 11 is 5.99. The van der Waals surface area contributed by atoms with Gasteiger partial charge in [0.1, 0.15) is 0 Å². The van der Waals surface area contributed by atoms with Crippen molar-refractivity contribution in [3.05, 3.63) is 34.3 Å². The number of halogens is 1. The number of likely N-dealkylation sites (tertiary alicyclic amines) is 1. The van der Waals surface area contributed by atoms with Gasteiger partial charge in [0.15, 0.2) is 0 Å². The van der Waals surface area contributed by atoms with Gasteiger partial charge in [-0.05, 0) is 50.4 Å². The normalized spacial score (nSPS) is 16.2. The molecular formula is C16H23ClN2O2. The topological polar surface area (TPSA) is 55.6 Å². The van der Waals surface area contributed by atoms with Crippen molar-refractivity contribution in [2.24, 2.45) is 5.73 Å². The maximum atomic E-state index is 12.5. The molecule has 0 aromatic heterocycles. The molecule has 0 aliphatic carbocycles. The first-order chi connectivity index (χ1) is 10.1. The van der Waals surface area contributed by atoms with Gasteiger partial charge in [0, 0.05) is 30.3 Å². The molecule has 1 saturated heterocycles. The van der Waals surface area contributed by atoms with Crippen molar-refractivity contribution in [1.82, 2.24) is 4.90 Å². The van der Waals surface area contributed by atoms with Crippen LogP contribution in [-0.4, -0.2) is 43.2 Å². The molecule has 1 aliphatic heterocycles. The van der Waals surface area contributed by atoms with Crippen molar-refractivity contribution >= 4 is 17.5 Å². The summed E-state index contributed by atoms with van der Waals surface area (Å²) in [4.78, 5) is 14.4. The van der Waals surface area contributed by atoms with Crippen molar-refractivity contribution in [2.45, 2.75) is 32.3 Å². The molecule has 0 radical (unpaired) electrons. The van der Waals surface area contributed by atoms with E-state index in [1.54, 1.807) is 6.07 Å². The van der Waals surface area contributed by atoms with Crippen LogP contribution in [0.25, 0.3) is 0 Å². The molecule has 21 heavy (non-hydrogen) atoms. The third kappa shape index (κ3) is 4.43. The first-order valence-electron chi connectivity index (χ1n) is 7.49. The van der Waals surface area contributed by atoms with E-state index in [2.05, 4.69) is 0 Å². The van der Waals surface area contributed by atoms with E-state index in [0.29, 0.717) is 23.7 Å². The van der Waals surface area contributed by atoms with Gasteiger partial charge in [0.25, 0.3) is 5.91 Å². The van der Waals surface area contributed by atoms with Crippen LogP contribution in [0, 0.1) is 6.92 Å². The Morgan fingerprint density at radius 2 is 2.14 bits per heavy atom. The van der Waals surface area contributed by atoms with Crippen LogP contribution in [0.5, 0.6) is 0 Å². The monoisotopic (exact) mass is 310 g/mol. The molecule has 0 atom stereocenters. The summed E-state index contributed by atoms with van der Waals surface area (Å²) < 4.78 is 5.76. The van der Waals surface area contributed by atoms with E-state index in [-0.39, 0.29) is 12.0 Å². The van der Waals surface area contributed by atoms with Gasteiger partial charge in [-0.2, -0.15) is 0 Å². The molecule has 1 aliphatic rings. The van der Waals surface area contributed by atoms with Gasteiger partial charge in [-0.1, -0.05) is 17.7 Å². The Hall–Kier alpha value is -1.10. The van der Waals surface area contributed by atoms with Crippen LogP contribution in [0.4, 0.5) is 0 Å². The van der Waals surface area contributed by atoms with E-state index in [1.807, 2.05) is 24.0 Å². The number of rotatable bonds is 5. The average Bonchev–Trinajstić information content (AvgIpc) is 2.50. The van der Waals surface area contributed by atoms with Gasteiger partial charge in [0.2, 0.25) is 0 Å². The van der Waals surface area contributed by atoms with E-state index in [0.717, 1.165) is 37.9 Å². The lowest BCUT2D eigenvalue weighted by molar-refractivity contribution is 0.00843. The highest BCUT2D eigenvalue weighted by atomic mass is 35.5. The number of amides is 1. The molecule has 5 heteroatoms. The van der Waals surface area contributed by atoms with Gasteiger partial charge in [-0.15, -0.1) is 0 Å². The summed E-state index contributed by atoms with van der Waals surface area (Å²) in [6, 6.07) is 5.45. The summed E-state index contributed by atoms with van der Waals surface area (Å²) in [7, 11) is 0. The van der Waals surface area contributed by atoms with Crippen LogP contribution in [-0.2, 0) is 4.74 Å². The molecule has 4 nitrogen and oxygen atoms in total. The Morgan fingerprint density at radius 3 is 2.81 bits per heavy atom. The van der Waals surface area contributed by atoms with Gasteiger partial charge in [-0.3, -0.25) is 4.79 Å². The lowest BCUT2D eigenvalue weighted by Gasteiger charge is -2.32. The first-order valence-corrected chi connectivity index (χ1v) is 7.86. The molecular weight excluding hydrogens is 288 g/mol. The second-order valence-electron chi connectivity index (χ2n) is 5.46. The molecule has 2 rings (SSSR count). The summed E-state index contributed by atoms with van der Waals surface area (Å²) in [5, 5.41) is 0.601. The zero-order valence-corrected chi connectivity index (χ0v) is 13.2. The number of hydrogen-bond donors (Lipinski definition) is 1. The predicted molar refractivity (Wildman–Crippen MR) is 84.7 cm³/mol. The van der Waals surface area contributed by atoms with Gasteiger partial charge < -0.3 is 15.4 Å². The Morgan fingerprint density at radius 1 is 1.43 bits per heavy atom. The molecule has 1 heterocycles. The lowest BCUT2D eigenvalue weighted by Crippen LogP contribution is -2.41. The quantitative estimate of drug-likeness (QED) is 0.851. The van der Waals surface area contributed by atoms with Crippen LogP contribution in [0.2, 0.25) is 5.02 Å². The molecule has 1 amide bonds. The molecule has 116 valence electrons. The molecule has 0 bridgehead atoms. The van der Waals surface area contributed by atoms with Crippen LogP contribution in [0.15, 0.2) is 18.2 Å². The first kappa shape index (κ1) is 16.3. The molecule has 0 saturated carbocycles. The number of aryl methyl sites for hydroxylation is 1. The van der Waals surface area contributed by atoms with Crippen molar-refractivity contribution in [3.8, 4) is 0 Å². The summed E-state index contributed by atoms with van der Waals surface area (Å²) in [6.07, 6.45) is 2.91. The molecule has 1 aromatic rings. The summed E-state index contributed by atoms with van der Waals surface area (Å²) in [6.45, 7) is 4.77. The Labute approximate surface area is 131 Å². The zero-order chi connectivity index (χ0) is 15.2. The zero-order valence-electron chi connectivity index (χ0n) is 12.5. The van der Waals surface area contributed by atoms with Gasteiger partial charge in [0.05, 0.1) is 6.10 Å². The minimum atomic E-state index is 0.0652. The number of nitrogens with zero attached hydrogens (tertiary/aromatic N) is 1. The van der Waals surface area contributed by atoms with E-state index in [4.69, 9.17) is 22.1 Å². The maximum absolute atomic E-state index is 12.5. The van der Waals surface area contributed by atoms with Crippen molar-refractivity contribution in [3.63, 3.8) is 0 Å². The largest absolute Gasteiger partial charge is 0.378 e. The molecule has 0 unspecified atom stereocenters. The number of carbonyl (C=O) groups is 1. The van der Waals surface area contributed by atoms with E-state index < -0.39 is 0 Å². The highest BCUT2D eigenvalue weighted by Gasteiger charge is 2.24. The van der Waals surface area contributed by atoms with E-state index >= 15 is 0 Å². The fraction of sp³-hybridized carbons (Fsp3) is 0.562. The van der Waals surface area contributed by atoms with Crippen LogP contribution in [0.3, 0.4) is 0 Å².